The molecule has 2 nitrogen and oxygen atoms in total. The van der Waals surface area contributed by atoms with Gasteiger partial charge in [0.15, 0.2) is 4.77 Å². The van der Waals surface area contributed by atoms with Crippen molar-refractivity contribution in [1.82, 2.24) is 9.55 Å². The van der Waals surface area contributed by atoms with Crippen LogP contribution in [-0.4, -0.2) is 9.55 Å². The monoisotopic (exact) mass is 282 g/mol. The number of benzene rings is 2. The summed E-state index contributed by atoms with van der Waals surface area (Å²) in [6.07, 6.45) is 1.95. The van der Waals surface area contributed by atoms with Crippen molar-refractivity contribution in [1.29, 1.82) is 0 Å². The van der Waals surface area contributed by atoms with Gasteiger partial charge < -0.3 is 4.98 Å². The Morgan fingerprint density at radius 2 is 1.75 bits per heavy atom. The van der Waals surface area contributed by atoms with E-state index < -0.39 is 0 Å². The predicted octanol–water partition coefficient (Wildman–Crippen LogP) is 5.12. The van der Waals surface area contributed by atoms with Crippen molar-refractivity contribution >= 4 is 23.0 Å². The molecule has 3 aromatic rings. The first-order valence-corrected chi connectivity index (χ1v) is 7.29. The van der Waals surface area contributed by atoms with Crippen LogP contribution in [0.4, 0.5) is 0 Å². The van der Waals surface area contributed by atoms with E-state index in [1.54, 1.807) is 0 Å². The summed E-state index contributed by atoms with van der Waals surface area (Å²) >= 11 is 5.41. The van der Waals surface area contributed by atoms with Crippen LogP contribution in [0.2, 0.25) is 0 Å². The molecule has 102 valence electrons. The van der Waals surface area contributed by atoms with Gasteiger partial charge in [0.05, 0.1) is 5.69 Å². The Bertz CT molecular complexity index is 824. The Morgan fingerprint density at radius 3 is 2.35 bits per heavy atom. The third-order valence-electron chi connectivity index (χ3n) is 3.76. The van der Waals surface area contributed by atoms with Crippen molar-refractivity contribution < 1.29 is 0 Å². The zero-order valence-corrected chi connectivity index (χ0v) is 12.8. The molecule has 0 atom stereocenters. The summed E-state index contributed by atoms with van der Waals surface area (Å²) in [6, 6.07) is 12.9. The lowest BCUT2D eigenvalue weighted by Crippen LogP contribution is -2.00. The predicted molar refractivity (Wildman–Crippen MR) is 87.3 cm³/mol. The Labute approximate surface area is 124 Å². The Balaban J connectivity index is 2.40. The number of aromatic amines is 1. The molecular weight excluding hydrogens is 264 g/mol. The lowest BCUT2D eigenvalue weighted by molar-refractivity contribution is 0.875. The van der Waals surface area contributed by atoms with Crippen molar-refractivity contribution in [2.45, 2.75) is 26.7 Å². The minimum Gasteiger partial charge on any atom is -0.337 e. The third kappa shape index (κ3) is 1.98. The molecule has 0 saturated carbocycles. The van der Waals surface area contributed by atoms with Crippen LogP contribution in [0, 0.1) is 11.7 Å². The maximum Gasteiger partial charge on any atom is 0.182 e. The quantitative estimate of drug-likeness (QED) is 0.647. The van der Waals surface area contributed by atoms with Gasteiger partial charge in [-0.25, -0.2) is 0 Å². The fourth-order valence-corrected chi connectivity index (χ4v) is 3.06. The van der Waals surface area contributed by atoms with Gasteiger partial charge in [-0.3, -0.25) is 4.57 Å². The number of aromatic nitrogens is 2. The van der Waals surface area contributed by atoms with Gasteiger partial charge in [-0.15, -0.1) is 0 Å². The topological polar surface area (TPSA) is 20.7 Å². The van der Waals surface area contributed by atoms with Gasteiger partial charge in [0.25, 0.3) is 0 Å². The second kappa shape index (κ2) is 4.91. The maximum absolute atomic E-state index is 5.41. The molecule has 0 unspecified atom stereocenters. The van der Waals surface area contributed by atoms with Crippen LogP contribution in [-0.2, 0) is 0 Å². The number of nitrogens with one attached hydrogen (secondary N) is 1. The van der Waals surface area contributed by atoms with E-state index in [1.165, 1.54) is 16.3 Å². The summed E-state index contributed by atoms with van der Waals surface area (Å²) in [4.78, 5) is 3.12. The molecule has 0 amide bonds. The minimum absolute atomic E-state index is 0.509. The van der Waals surface area contributed by atoms with E-state index in [1.807, 2.05) is 6.20 Å². The number of rotatable bonds is 2. The minimum atomic E-state index is 0.509. The highest BCUT2D eigenvalue weighted by molar-refractivity contribution is 7.71. The van der Waals surface area contributed by atoms with Gasteiger partial charge in [0.1, 0.15) is 0 Å². The van der Waals surface area contributed by atoms with Crippen molar-refractivity contribution in [2.75, 3.05) is 0 Å². The molecule has 1 heterocycles. The molecule has 2 aromatic carbocycles. The average molecular weight is 282 g/mol. The smallest absolute Gasteiger partial charge is 0.182 e. The number of aryl methyl sites for hydroxylation is 1. The van der Waals surface area contributed by atoms with Gasteiger partial charge in [0, 0.05) is 17.3 Å². The molecule has 0 aliphatic carbocycles. The summed E-state index contributed by atoms with van der Waals surface area (Å²) in [5.74, 6) is 0.509. The second-order valence-corrected chi connectivity index (χ2v) is 5.83. The summed E-state index contributed by atoms with van der Waals surface area (Å²) in [5, 5.41) is 2.56. The van der Waals surface area contributed by atoms with E-state index in [0.29, 0.717) is 5.92 Å². The number of hydrogen-bond donors (Lipinski definition) is 1. The van der Waals surface area contributed by atoms with E-state index in [4.69, 9.17) is 12.2 Å². The first-order valence-electron chi connectivity index (χ1n) is 6.88. The highest BCUT2D eigenvalue weighted by atomic mass is 32.1. The highest BCUT2D eigenvalue weighted by Crippen LogP contribution is 2.30. The standard InChI is InChI=1S/C17H18N2S/c1-11(2)13-8-9-16(15-7-5-4-6-14(13)15)19-12(3)10-18-17(19)20/h4-11H,1-3H3,(H,18,20). The Morgan fingerprint density at radius 1 is 1.05 bits per heavy atom. The van der Waals surface area contributed by atoms with Crippen LogP contribution in [0.15, 0.2) is 42.6 Å². The SMILES string of the molecule is Cc1c[nH]c(=S)n1-c1ccc(C(C)C)c2ccccc12. The van der Waals surface area contributed by atoms with Crippen LogP contribution in [0.25, 0.3) is 16.5 Å². The van der Waals surface area contributed by atoms with E-state index in [-0.39, 0.29) is 0 Å². The molecule has 0 bridgehead atoms. The van der Waals surface area contributed by atoms with Gasteiger partial charge in [0.2, 0.25) is 0 Å². The van der Waals surface area contributed by atoms with Gasteiger partial charge in [-0.05, 0) is 42.1 Å². The number of hydrogen-bond acceptors (Lipinski definition) is 1. The molecule has 3 rings (SSSR count). The lowest BCUT2D eigenvalue weighted by atomic mass is 9.95. The van der Waals surface area contributed by atoms with E-state index >= 15 is 0 Å². The van der Waals surface area contributed by atoms with E-state index in [9.17, 15) is 0 Å². The molecule has 1 N–H and O–H groups in total. The van der Waals surface area contributed by atoms with Crippen LogP contribution < -0.4 is 0 Å². The first kappa shape index (κ1) is 13.1. The molecule has 0 saturated heterocycles. The summed E-state index contributed by atoms with van der Waals surface area (Å²) in [5.41, 5.74) is 3.65. The zero-order valence-electron chi connectivity index (χ0n) is 12.0. The fourth-order valence-electron chi connectivity index (χ4n) is 2.76. The van der Waals surface area contributed by atoms with Crippen molar-refractivity contribution in [3.63, 3.8) is 0 Å². The number of fused-ring (bicyclic) bond motifs is 1. The molecule has 3 heteroatoms. The third-order valence-corrected chi connectivity index (χ3v) is 4.06. The Hall–Kier alpha value is -1.87. The fraction of sp³-hybridized carbons (Fsp3) is 0.235. The van der Waals surface area contributed by atoms with Gasteiger partial charge in [-0.2, -0.15) is 0 Å². The molecule has 0 spiro atoms. The molecular formula is C17H18N2S. The molecule has 1 aromatic heterocycles. The molecule has 0 fully saturated rings. The van der Waals surface area contributed by atoms with E-state index in [0.717, 1.165) is 16.2 Å². The largest absolute Gasteiger partial charge is 0.337 e. The Kier molecular flexibility index (Phi) is 3.22. The summed E-state index contributed by atoms with van der Waals surface area (Å²) < 4.78 is 2.84. The molecule has 20 heavy (non-hydrogen) atoms. The maximum atomic E-state index is 5.41. The van der Waals surface area contributed by atoms with Crippen LogP contribution in [0.3, 0.4) is 0 Å². The number of imidazole rings is 1. The highest BCUT2D eigenvalue weighted by Gasteiger charge is 2.11. The number of nitrogens with zero attached hydrogens (tertiary/aromatic N) is 1. The number of H-pyrrole nitrogens is 1. The van der Waals surface area contributed by atoms with Crippen molar-refractivity contribution in [3.8, 4) is 5.69 Å². The van der Waals surface area contributed by atoms with E-state index in [2.05, 4.69) is 66.7 Å². The van der Waals surface area contributed by atoms with Gasteiger partial charge in [-0.1, -0.05) is 44.2 Å². The normalized spacial score (nSPS) is 11.4. The second-order valence-electron chi connectivity index (χ2n) is 5.44. The molecule has 0 aliphatic heterocycles. The first-order chi connectivity index (χ1) is 9.59. The lowest BCUT2D eigenvalue weighted by Gasteiger charge is -2.15. The summed E-state index contributed by atoms with van der Waals surface area (Å²) in [6.45, 7) is 6.53. The van der Waals surface area contributed by atoms with Crippen LogP contribution in [0.1, 0.15) is 31.0 Å². The average Bonchev–Trinajstić information content (AvgIpc) is 2.77. The van der Waals surface area contributed by atoms with Crippen LogP contribution in [0.5, 0.6) is 0 Å². The van der Waals surface area contributed by atoms with Crippen LogP contribution >= 0.6 is 12.2 Å². The molecule has 0 aliphatic rings. The van der Waals surface area contributed by atoms with Gasteiger partial charge >= 0.3 is 0 Å². The zero-order chi connectivity index (χ0) is 14.3. The van der Waals surface area contributed by atoms with Crippen molar-refractivity contribution in [2.24, 2.45) is 0 Å². The molecule has 0 radical (unpaired) electrons. The summed E-state index contributed by atoms with van der Waals surface area (Å²) in [7, 11) is 0. The van der Waals surface area contributed by atoms with Crippen molar-refractivity contribution in [3.05, 3.63) is 58.6 Å².